The predicted molar refractivity (Wildman–Crippen MR) is 96.3 cm³/mol. The van der Waals surface area contributed by atoms with E-state index in [-0.39, 0.29) is 18.1 Å². The Bertz CT molecular complexity index is 904. The molecule has 0 spiro atoms. The highest BCUT2D eigenvalue weighted by Crippen LogP contribution is 2.28. The van der Waals surface area contributed by atoms with E-state index in [1.807, 2.05) is 72.0 Å². The first-order valence-electron chi connectivity index (χ1n) is 8.52. The first-order chi connectivity index (χ1) is 12.1. The molecule has 1 saturated heterocycles. The van der Waals surface area contributed by atoms with Crippen LogP contribution in [0.4, 0.5) is 0 Å². The standard InChI is InChI=1S/C20H21N3O2/c1-14-11-23(19(12-25-14)15-6-4-3-5-7-15)20(24)16-8-9-18-17(10-16)21-13-22(18)2/h3-10,13-14,19H,11-12H2,1-2H3/t14-,19-/m0/s1. The van der Waals surface area contributed by atoms with E-state index in [0.717, 1.165) is 16.6 Å². The molecule has 5 heteroatoms. The molecule has 128 valence electrons. The average molecular weight is 335 g/mol. The van der Waals surface area contributed by atoms with Crippen molar-refractivity contribution in [1.82, 2.24) is 14.5 Å². The summed E-state index contributed by atoms with van der Waals surface area (Å²) >= 11 is 0. The lowest BCUT2D eigenvalue weighted by atomic mass is 10.0. The first kappa shape index (κ1) is 15.8. The van der Waals surface area contributed by atoms with E-state index < -0.39 is 0 Å². The SMILES string of the molecule is C[C@H]1CN(C(=O)c2ccc3c(c2)ncn3C)[C@H](c2ccccc2)CO1. The lowest BCUT2D eigenvalue weighted by molar-refractivity contribution is -0.0447. The highest BCUT2D eigenvalue weighted by Gasteiger charge is 2.32. The second-order valence-electron chi connectivity index (χ2n) is 6.59. The van der Waals surface area contributed by atoms with Crippen molar-refractivity contribution in [3.8, 4) is 0 Å². The summed E-state index contributed by atoms with van der Waals surface area (Å²) in [6, 6.07) is 15.7. The molecule has 1 aromatic heterocycles. The van der Waals surface area contributed by atoms with Gasteiger partial charge in [-0.25, -0.2) is 4.98 Å². The Labute approximate surface area is 146 Å². The van der Waals surface area contributed by atoms with Crippen molar-refractivity contribution in [2.75, 3.05) is 13.2 Å². The smallest absolute Gasteiger partial charge is 0.254 e. The number of ether oxygens (including phenoxy) is 1. The molecule has 0 bridgehead atoms. The van der Waals surface area contributed by atoms with E-state index in [4.69, 9.17) is 4.74 Å². The van der Waals surface area contributed by atoms with Crippen LogP contribution in [0, 0.1) is 0 Å². The molecular weight excluding hydrogens is 314 g/mol. The zero-order valence-corrected chi connectivity index (χ0v) is 14.4. The van der Waals surface area contributed by atoms with E-state index >= 15 is 0 Å². The summed E-state index contributed by atoms with van der Waals surface area (Å²) in [7, 11) is 1.95. The van der Waals surface area contributed by atoms with Crippen LogP contribution in [0.3, 0.4) is 0 Å². The molecule has 3 aromatic rings. The van der Waals surface area contributed by atoms with Gasteiger partial charge in [-0.3, -0.25) is 4.79 Å². The van der Waals surface area contributed by atoms with Gasteiger partial charge in [0.25, 0.3) is 5.91 Å². The fraction of sp³-hybridized carbons (Fsp3) is 0.300. The third-order valence-electron chi connectivity index (χ3n) is 4.79. The number of amides is 1. The molecule has 2 heterocycles. The Kier molecular flexibility index (Phi) is 4.01. The average Bonchev–Trinajstić information content (AvgIpc) is 3.02. The summed E-state index contributed by atoms with van der Waals surface area (Å²) in [6.07, 6.45) is 1.80. The highest BCUT2D eigenvalue weighted by molar-refractivity contribution is 5.97. The summed E-state index contributed by atoms with van der Waals surface area (Å²) in [5, 5.41) is 0. The van der Waals surface area contributed by atoms with Crippen molar-refractivity contribution in [2.24, 2.45) is 7.05 Å². The maximum absolute atomic E-state index is 13.2. The van der Waals surface area contributed by atoms with Gasteiger partial charge >= 0.3 is 0 Å². The Morgan fingerprint density at radius 1 is 1.20 bits per heavy atom. The maximum atomic E-state index is 13.2. The molecule has 4 rings (SSSR count). The first-order valence-corrected chi connectivity index (χ1v) is 8.52. The Balaban J connectivity index is 1.69. The van der Waals surface area contributed by atoms with Crippen molar-refractivity contribution in [1.29, 1.82) is 0 Å². The fourth-order valence-corrected chi connectivity index (χ4v) is 3.41. The topological polar surface area (TPSA) is 47.4 Å². The lowest BCUT2D eigenvalue weighted by Crippen LogP contribution is -2.46. The molecule has 1 amide bonds. The third kappa shape index (κ3) is 2.91. The number of hydrogen-bond donors (Lipinski definition) is 0. The zero-order chi connectivity index (χ0) is 17.4. The van der Waals surface area contributed by atoms with Gasteiger partial charge in [0.2, 0.25) is 0 Å². The summed E-state index contributed by atoms with van der Waals surface area (Å²) < 4.78 is 7.78. The monoisotopic (exact) mass is 335 g/mol. The van der Waals surface area contributed by atoms with Gasteiger partial charge in [-0.15, -0.1) is 0 Å². The van der Waals surface area contributed by atoms with Gasteiger partial charge in [-0.1, -0.05) is 30.3 Å². The quantitative estimate of drug-likeness (QED) is 0.723. The lowest BCUT2D eigenvalue weighted by Gasteiger charge is -2.39. The molecule has 0 unspecified atom stereocenters. The van der Waals surface area contributed by atoms with Gasteiger partial charge in [0, 0.05) is 19.2 Å². The molecule has 2 atom stereocenters. The van der Waals surface area contributed by atoms with Gasteiger partial charge in [0.05, 0.1) is 36.1 Å². The number of rotatable bonds is 2. The van der Waals surface area contributed by atoms with E-state index in [9.17, 15) is 4.79 Å². The van der Waals surface area contributed by atoms with Crippen LogP contribution >= 0.6 is 0 Å². The summed E-state index contributed by atoms with van der Waals surface area (Å²) in [6.45, 7) is 3.10. The van der Waals surface area contributed by atoms with E-state index in [2.05, 4.69) is 4.98 Å². The number of hydrogen-bond acceptors (Lipinski definition) is 3. The molecule has 1 aliphatic rings. The van der Waals surface area contributed by atoms with Crippen LogP contribution in [-0.4, -0.2) is 39.6 Å². The summed E-state index contributed by atoms with van der Waals surface area (Å²) in [5.41, 5.74) is 3.63. The van der Waals surface area contributed by atoms with Crippen molar-refractivity contribution in [3.63, 3.8) is 0 Å². The van der Waals surface area contributed by atoms with Gasteiger partial charge in [-0.2, -0.15) is 0 Å². The number of carbonyl (C=O) groups is 1. The van der Waals surface area contributed by atoms with Gasteiger partial charge in [0.1, 0.15) is 0 Å². The minimum Gasteiger partial charge on any atom is -0.374 e. The number of morpholine rings is 1. The molecular formula is C20H21N3O2. The van der Waals surface area contributed by atoms with Gasteiger partial charge in [0.15, 0.2) is 0 Å². The van der Waals surface area contributed by atoms with Gasteiger partial charge in [-0.05, 0) is 30.7 Å². The van der Waals surface area contributed by atoms with Crippen LogP contribution in [0.2, 0.25) is 0 Å². The molecule has 25 heavy (non-hydrogen) atoms. The fourth-order valence-electron chi connectivity index (χ4n) is 3.41. The molecule has 1 aliphatic heterocycles. The molecule has 0 aliphatic carbocycles. The van der Waals surface area contributed by atoms with Crippen molar-refractivity contribution in [3.05, 3.63) is 66.0 Å². The van der Waals surface area contributed by atoms with Crippen molar-refractivity contribution < 1.29 is 9.53 Å². The minimum atomic E-state index is -0.0654. The molecule has 0 N–H and O–H groups in total. The van der Waals surface area contributed by atoms with E-state index in [1.54, 1.807) is 6.33 Å². The molecule has 2 aromatic carbocycles. The normalized spacial score (nSPS) is 20.8. The van der Waals surface area contributed by atoms with Crippen molar-refractivity contribution in [2.45, 2.75) is 19.1 Å². The zero-order valence-electron chi connectivity index (χ0n) is 14.4. The molecule has 5 nitrogen and oxygen atoms in total. The van der Waals surface area contributed by atoms with Crippen LogP contribution in [0.25, 0.3) is 11.0 Å². The summed E-state index contributed by atoms with van der Waals surface area (Å²) in [4.78, 5) is 19.5. The molecule has 1 fully saturated rings. The highest BCUT2D eigenvalue weighted by atomic mass is 16.5. The molecule has 0 radical (unpaired) electrons. The third-order valence-corrected chi connectivity index (χ3v) is 4.79. The van der Waals surface area contributed by atoms with Crippen LogP contribution in [-0.2, 0) is 11.8 Å². The van der Waals surface area contributed by atoms with Crippen LogP contribution in [0.1, 0.15) is 28.9 Å². The number of imidazole rings is 1. The van der Waals surface area contributed by atoms with Crippen LogP contribution < -0.4 is 0 Å². The predicted octanol–water partition coefficient (Wildman–Crippen LogP) is 3.18. The van der Waals surface area contributed by atoms with Crippen LogP contribution in [0.5, 0.6) is 0 Å². The Morgan fingerprint density at radius 2 is 2.00 bits per heavy atom. The second kappa shape index (κ2) is 6.33. The molecule has 0 saturated carbocycles. The number of benzene rings is 2. The Morgan fingerprint density at radius 3 is 2.80 bits per heavy atom. The maximum Gasteiger partial charge on any atom is 0.254 e. The largest absolute Gasteiger partial charge is 0.374 e. The Hall–Kier alpha value is -2.66. The number of fused-ring (bicyclic) bond motifs is 1. The number of carbonyl (C=O) groups excluding carboxylic acids is 1. The minimum absolute atomic E-state index is 0.0246. The van der Waals surface area contributed by atoms with Crippen LogP contribution in [0.15, 0.2) is 54.9 Å². The second-order valence-corrected chi connectivity index (χ2v) is 6.59. The van der Waals surface area contributed by atoms with Crippen molar-refractivity contribution >= 4 is 16.9 Å². The van der Waals surface area contributed by atoms with Gasteiger partial charge < -0.3 is 14.2 Å². The number of nitrogens with zero attached hydrogens (tertiary/aromatic N) is 3. The summed E-state index contributed by atoms with van der Waals surface area (Å²) in [5.74, 6) is 0.0246. The number of aromatic nitrogens is 2. The van der Waals surface area contributed by atoms with E-state index in [0.29, 0.717) is 18.7 Å². The van der Waals surface area contributed by atoms with E-state index in [1.165, 1.54) is 0 Å². The number of aryl methyl sites for hydroxylation is 1.